The molecule has 0 aliphatic rings. The van der Waals surface area contributed by atoms with Crippen LogP contribution in [0.4, 0.5) is 0 Å². The van der Waals surface area contributed by atoms with Gasteiger partial charge in [0.2, 0.25) is 0 Å². The third-order valence-electron chi connectivity index (χ3n) is 3.69. The summed E-state index contributed by atoms with van der Waals surface area (Å²) in [6, 6.07) is 10.8. The Morgan fingerprint density at radius 2 is 1.89 bits per heavy atom. The Bertz CT molecular complexity index is 723. The van der Waals surface area contributed by atoms with Crippen molar-refractivity contribution in [2.45, 2.75) is 19.8 Å². The van der Waals surface area contributed by atoms with Crippen LogP contribution in [-0.2, 0) is 7.05 Å². The van der Waals surface area contributed by atoms with Gasteiger partial charge < -0.3 is 4.57 Å². The summed E-state index contributed by atoms with van der Waals surface area (Å²) in [6.07, 6.45) is 5.97. The van der Waals surface area contributed by atoms with Gasteiger partial charge in [0, 0.05) is 42.1 Å². The maximum Gasteiger partial charge on any atom is 0.0483 e. The largest absolute Gasteiger partial charge is 0.351 e. The van der Waals surface area contributed by atoms with Crippen molar-refractivity contribution in [2.75, 3.05) is 0 Å². The normalized spacial score (nSPS) is 11.4. The van der Waals surface area contributed by atoms with E-state index < -0.39 is 0 Å². The molecule has 0 unspecified atom stereocenters. The zero-order chi connectivity index (χ0) is 13.4. The molecule has 3 rings (SSSR count). The van der Waals surface area contributed by atoms with E-state index in [9.17, 15) is 0 Å². The Kier molecular flexibility index (Phi) is 2.86. The van der Waals surface area contributed by atoms with Crippen molar-refractivity contribution in [3.63, 3.8) is 0 Å². The van der Waals surface area contributed by atoms with Gasteiger partial charge in [0.1, 0.15) is 0 Å². The second-order valence-electron chi connectivity index (χ2n) is 5.28. The summed E-state index contributed by atoms with van der Waals surface area (Å²) < 4.78 is 2.16. The van der Waals surface area contributed by atoms with Crippen LogP contribution in [0.15, 0.2) is 48.9 Å². The third kappa shape index (κ3) is 1.93. The first kappa shape index (κ1) is 12.0. The summed E-state index contributed by atoms with van der Waals surface area (Å²) >= 11 is 0. The monoisotopic (exact) mass is 250 g/mol. The molecule has 96 valence electrons. The molecule has 2 heterocycles. The molecule has 0 amide bonds. The predicted molar refractivity (Wildman–Crippen MR) is 80.2 cm³/mol. The zero-order valence-electron chi connectivity index (χ0n) is 11.6. The van der Waals surface area contributed by atoms with Crippen LogP contribution in [0.1, 0.15) is 25.3 Å². The van der Waals surface area contributed by atoms with Gasteiger partial charge in [-0.1, -0.05) is 26.0 Å². The minimum absolute atomic E-state index is 0.497. The lowest BCUT2D eigenvalue weighted by molar-refractivity contribution is 0.866. The molecular weight excluding hydrogens is 232 g/mol. The number of fused-ring (bicyclic) bond motifs is 1. The number of rotatable bonds is 2. The molecule has 0 aliphatic heterocycles. The average Bonchev–Trinajstić information content (AvgIpc) is 2.81. The van der Waals surface area contributed by atoms with Gasteiger partial charge in [-0.2, -0.15) is 0 Å². The van der Waals surface area contributed by atoms with Crippen LogP contribution in [-0.4, -0.2) is 9.55 Å². The van der Waals surface area contributed by atoms with Crippen molar-refractivity contribution in [2.24, 2.45) is 7.05 Å². The first-order valence-corrected chi connectivity index (χ1v) is 6.67. The van der Waals surface area contributed by atoms with Crippen LogP contribution in [0.2, 0.25) is 0 Å². The van der Waals surface area contributed by atoms with Gasteiger partial charge in [-0.25, -0.2) is 0 Å². The lowest BCUT2D eigenvalue weighted by atomic mass is 9.93. The first-order chi connectivity index (χ1) is 9.18. The lowest BCUT2D eigenvalue weighted by Crippen LogP contribution is -1.94. The van der Waals surface area contributed by atoms with Crippen LogP contribution in [0.3, 0.4) is 0 Å². The van der Waals surface area contributed by atoms with Crippen LogP contribution < -0.4 is 0 Å². The molecule has 0 aliphatic carbocycles. The van der Waals surface area contributed by atoms with Gasteiger partial charge in [0.05, 0.1) is 0 Å². The highest BCUT2D eigenvalue weighted by Crippen LogP contribution is 2.33. The second kappa shape index (κ2) is 4.54. The minimum Gasteiger partial charge on any atom is -0.351 e. The maximum atomic E-state index is 4.31. The number of nitrogens with zero attached hydrogens (tertiary/aromatic N) is 2. The smallest absolute Gasteiger partial charge is 0.0483 e. The summed E-state index contributed by atoms with van der Waals surface area (Å²) in [5.74, 6) is 0.497. The lowest BCUT2D eigenvalue weighted by Gasteiger charge is -2.13. The summed E-state index contributed by atoms with van der Waals surface area (Å²) in [5, 5.41) is 1.29. The summed E-state index contributed by atoms with van der Waals surface area (Å²) in [4.78, 5) is 4.31. The summed E-state index contributed by atoms with van der Waals surface area (Å²) in [6.45, 7) is 4.45. The standard InChI is InChI=1S/C17H18N2/c1-12(2)13-7-9-18-11-16(13)14-5-4-6-17-15(14)8-10-19(17)3/h4-12H,1-3H3. The molecule has 0 radical (unpaired) electrons. The quantitative estimate of drug-likeness (QED) is 0.660. The highest BCUT2D eigenvalue weighted by molar-refractivity contribution is 5.96. The van der Waals surface area contributed by atoms with Gasteiger partial charge in [0.15, 0.2) is 0 Å². The van der Waals surface area contributed by atoms with E-state index in [1.807, 2.05) is 12.4 Å². The van der Waals surface area contributed by atoms with Gasteiger partial charge >= 0.3 is 0 Å². The van der Waals surface area contributed by atoms with Crippen LogP contribution in [0, 0.1) is 0 Å². The number of hydrogen-bond acceptors (Lipinski definition) is 1. The highest BCUT2D eigenvalue weighted by Gasteiger charge is 2.12. The second-order valence-corrected chi connectivity index (χ2v) is 5.28. The SMILES string of the molecule is CC(C)c1ccncc1-c1cccc2c1ccn2C. The number of aryl methyl sites for hydroxylation is 1. The van der Waals surface area contributed by atoms with Crippen LogP contribution in [0.5, 0.6) is 0 Å². The Labute approximate surface area is 113 Å². The molecule has 0 bridgehead atoms. The highest BCUT2D eigenvalue weighted by atomic mass is 14.9. The molecule has 2 nitrogen and oxygen atoms in total. The van der Waals surface area contributed by atoms with E-state index >= 15 is 0 Å². The Balaban J connectivity index is 2.31. The fourth-order valence-electron chi connectivity index (χ4n) is 2.67. The Morgan fingerprint density at radius 3 is 2.68 bits per heavy atom. The molecule has 2 heteroatoms. The van der Waals surface area contributed by atoms with Crippen LogP contribution >= 0.6 is 0 Å². The molecule has 0 atom stereocenters. The van der Waals surface area contributed by atoms with Gasteiger partial charge in [-0.15, -0.1) is 0 Å². The average molecular weight is 250 g/mol. The van der Waals surface area contributed by atoms with E-state index in [4.69, 9.17) is 0 Å². The molecule has 0 N–H and O–H groups in total. The molecule has 0 fully saturated rings. The molecule has 0 saturated heterocycles. The first-order valence-electron chi connectivity index (χ1n) is 6.67. The predicted octanol–water partition coefficient (Wildman–Crippen LogP) is 4.36. The van der Waals surface area contributed by atoms with Crippen molar-refractivity contribution in [1.29, 1.82) is 0 Å². The number of aromatic nitrogens is 2. The molecular formula is C17H18N2. The van der Waals surface area contributed by atoms with Crippen molar-refractivity contribution >= 4 is 10.9 Å². The topological polar surface area (TPSA) is 17.8 Å². The van der Waals surface area contributed by atoms with Gasteiger partial charge in [-0.3, -0.25) is 4.98 Å². The van der Waals surface area contributed by atoms with Crippen molar-refractivity contribution in [3.8, 4) is 11.1 Å². The molecule has 0 saturated carbocycles. The Morgan fingerprint density at radius 1 is 1.05 bits per heavy atom. The zero-order valence-corrected chi connectivity index (χ0v) is 11.6. The fraction of sp³-hybridized carbons (Fsp3) is 0.235. The van der Waals surface area contributed by atoms with Gasteiger partial charge in [0.25, 0.3) is 0 Å². The van der Waals surface area contributed by atoms with Crippen molar-refractivity contribution < 1.29 is 0 Å². The maximum absolute atomic E-state index is 4.31. The number of pyridine rings is 1. The minimum atomic E-state index is 0.497. The fourth-order valence-corrected chi connectivity index (χ4v) is 2.67. The van der Waals surface area contributed by atoms with E-state index in [1.165, 1.54) is 27.6 Å². The van der Waals surface area contributed by atoms with E-state index in [0.29, 0.717) is 5.92 Å². The number of benzene rings is 1. The van der Waals surface area contributed by atoms with E-state index in [0.717, 1.165) is 0 Å². The van der Waals surface area contributed by atoms with Gasteiger partial charge in [-0.05, 0) is 35.2 Å². The molecule has 19 heavy (non-hydrogen) atoms. The van der Waals surface area contributed by atoms with Crippen molar-refractivity contribution in [3.05, 3.63) is 54.5 Å². The van der Waals surface area contributed by atoms with Crippen LogP contribution in [0.25, 0.3) is 22.0 Å². The molecule has 3 aromatic rings. The number of hydrogen-bond donors (Lipinski definition) is 0. The molecule has 0 spiro atoms. The molecule has 1 aromatic carbocycles. The van der Waals surface area contributed by atoms with E-state index in [2.05, 4.69) is 67.0 Å². The van der Waals surface area contributed by atoms with E-state index in [1.54, 1.807) is 0 Å². The Hall–Kier alpha value is -2.09. The third-order valence-corrected chi connectivity index (χ3v) is 3.69. The molecule has 2 aromatic heterocycles. The van der Waals surface area contributed by atoms with Crippen molar-refractivity contribution in [1.82, 2.24) is 9.55 Å². The summed E-state index contributed by atoms with van der Waals surface area (Å²) in [5.41, 5.74) is 5.13. The summed E-state index contributed by atoms with van der Waals surface area (Å²) in [7, 11) is 2.08. The van der Waals surface area contributed by atoms with E-state index in [-0.39, 0.29) is 0 Å².